The number of nitrogens with one attached hydrogen (secondary N) is 3. The maximum absolute atomic E-state index is 12.8. The minimum atomic E-state index is -1.11. The molecule has 0 bridgehead atoms. The van der Waals surface area contributed by atoms with E-state index in [-0.39, 0.29) is 18.0 Å². The van der Waals surface area contributed by atoms with Gasteiger partial charge in [-0.2, -0.15) is 25.0 Å². The number of hydrogen-bond acceptors (Lipinski definition) is 11. The van der Waals surface area contributed by atoms with Gasteiger partial charge in [0, 0.05) is 37.8 Å². The van der Waals surface area contributed by atoms with Gasteiger partial charge in [-0.05, 0) is 42.5 Å². The Kier molecular flexibility index (Phi) is 10.1. The highest BCUT2D eigenvalue weighted by Crippen LogP contribution is 2.40. The third-order valence-corrected chi connectivity index (χ3v) is 10.4. The fraction of sp³-hybridized carbons (Fsp3) is 0.359. The summed E-state index contributed by atoms with van der Waals surface area (Å²) in [5.74, 6) is 1.06. The highest BCUT2D eigenvalue weighted by atomic mass is 16.3. The molecule has 1 saturated heterocycles. The van der Waals surface area contributed by atoms with Crippen molar-refractivity contribution in [3.63, 3.8) is 0 Å². The van der Waals surface area contributed by atoms with Gasteiger partial charge in [-0.25, -0.2) is 9.78 Å². The minimum absolute atomic E-state index is 0.0232. The average Bonchev–Trinajstić information content (AvgIpc) is 4.03. The third kappa shape index (κ3) is 7.32. The molecule has 15 nitrogen and oxygen atoms in total. The molecule has 0 unspecified atom stereocenters. The van der Waals surface area contributed by atoms with E-state index in [0.29, 0.717) is 68.4 Å². The number of anilines is 2. The number of carbonyl (C=O) groups excluding carboxylic acids is 1. The van der Waals surface area contributed by atoms with Crippen molar-refractivity contribution in [3.05, 3.63) is 120 Å². The Morgan fingerprint density at radius 1 is 0.907 bits per heavy atom. The van der Waals surface area contributed by atoms with Gasteiger partial charge < -0.3 is 35.6 Å². The Hall–Kier alpha value is -5.93. The second-order valence-electron chi connectivity index (χ2n) is 13.9. The second kappa shape index (κ2) is 15.6. The van der Waals surface area contributed by atoms with Crippen molar-refractivity contribution in [2.45, 2.75) is 69.0 Å². The van der Waals surface area contributed by atoms with Crippen LogP contribution in [0.4, 0.5) is 16.6 Å². The van der Waals surface area contributed by atoms with Crippen LogP contribution in [0.5, 0.6) is 0 Å². The van der Waals surface area contributed by atoms with Crippen molar-refractivity contribution in [3.8, 4) is 0 Å². The van der Waals surface area contributed by atoms with Crippen LogP contribution in [0, 0.1) is 0 Å². The first-order valence-electron chi connectivity index (χ1n) is 18.5. The predicted molar refractivity (Wildman–Crippen MR) is 203 cm³/mol. The van der Waals surface area contributed by atoms with E-state index in [1.165, 1.54) is 4.80 Å². The van der Waals surface area contributed by atoms with Crippen molar-refractivity contribution >= 4 is 29.0 Å². The molecule has 1 aliphatic carbocycles. The number of hydrogen-bond donors (Lipinski definition) is 5. The molecule has 15 heteroatoms. The average molecular weight is 729 g/mol. The molecule has 278 valence electrons. The van der Waals surface area contributed by atoms with E-state index in [4.69, 9.17) is 15.0 Å². The van der Waals surface area contributed by atoms with Crippen molar-refractivity contribution in [2.24, 2.45) is 0 Å². The fourth-order valence-corrected chi connectivity index (χ4v) is 7.50. The van der Waals surface area contributed by atoms with Crippen LogP contribution < -0.4 is 20.9 Å². The standard InChI is InChI=1S/C39H44N12O3/c1-2-27-21-44-51(48-27)32-19-31(34(52)35(32)53)50-24-43-33-36(41-22-30(25-11-5-3-6-12-25)26-13-7-4-8-14-26)46-38(47-37(33)50)49-18-16-29(23-49)45-39(54)42-20-28-15-9-10-17-40-28/h3-15,17,21,24,29-32,34-35,52-53H,2,16,18-20,22-23H2,1H3,(H,41,46,47)(H2,42,45,54)/t29-,31-,32+,34+,35-/m1/s1. The Balaban J connectivity index is 1.08. The van der Waals surface area contributed by atoms with Gasteiger partial charge >= 0.3 is 6.03 Å². The SMILES string of the molecule is CCc1cnn([C@H]2C[C@@H](n3cnc4c(NCC(c5ccccc5)c5ccccc5)nc(N5CC[C@@H](NC(=O)NCc6ccccn6)C5)nc43)[C@H](O)[C@@H]2O)n1. The van der Waals surface area contributed by atoms with Crippen molar-refractivity contribution < 1.29 is 15.0 Å². The number of pyridine rings is 1. The molecule has 0 radical (unpaired) electrons. The van der Waals surface area contributed by atoms with Crippen LogP contribution in [0.25, 0.3) is 11.2 Å². The molecule has 2 amide bonds. The number of benzene rings is 2. The van der Waals surface area contributed by atoms with Crippen LogP contribution in [0.2, 0.25) is 0 Å². The van der Waals surface area contributed by atoms with E-state index in [1.807, 2.05) is 66.1 Å². The number of fused-ring (bicyclic) bond motifs is 1. The molecule has 5 atom stereocenters. The molecular formula is C39H44N12O3. The van der Waals surface area contributed by atoms with Gasteiger partial charge in [-0.15, -0.1) is 0 Å². The largest absolute Gasteiger partial charge is 0.388 e. The number of aliphatic hydroxyl groups excluding tert-OH is 2. The quantitative estimate of drug-likeness (QED) is 0.124. The normalized spacial score (nSPS) is 21.2. The third-order valence-electron chi connectivity index (χ3n) is 10.4. The molecule has 54 heavy (non-hydrogen) atoms. The summed E-state index contributed by atoms with van der Waals surface area (Å²) in [4.78, 5) is 35.5. The summed E-state index contributed by atoms with van der Waals surface area (Å²) < 4.78 is 1.84. The van der Waals surface area contributed by atoms with E-state index in [9.17, 15) is 15.0 Å². The number of carbonyl (C=O) groups is 1. The Bertz CT molecular complexity index is 2120. The summed E-state index contributed by atoms with van der Waals surface area (Å²) in [5.41, 5.74) is 5.00. The zero-order valence-corrected chi connectivity index (χ0v) is 30.0. The van der Waals surface area contributed by atoms with E-state index in [1.54, 1.807) is 18.7 Å². The topological polar surface area (TPSA) is 184 Å². The number of urea groups is 1. The molecule has 4 aromatic heterocycles. The number of aliphatic hydroxyl groups is 2. The molecule has 6 aromatic rings. The Morgan fingerprint density at radius 2 is 1.65 bits per heavy atom. The minimum Gasteiger partial charge on any atom is -0.388 e. The summed E-state index contributed by atoms with van der Waals surface area (Å²) in [5, 5.41) is 41.1. The zero-order chi connectivity index (χ0) is 37.0. The van der Waals surface area contributed by atoms with Gasteiger partial charge in [-0.1, -0.05) is 73.7 Å². The molecule has 5 N–H and O–H groups in total. The number of aryl methyl sites for hydroxylation is 1. The van der Waals surface area contributed by atoms with E-state index >= 15 is 0 Å². The van der Waals surface area contributed by atoms with Gasteiger partial charge in [0.1, 0.15) is 18.2 Å². The lowest BCUT2D eigenvalue weighted by Crippen LogP contribution is -2.43. The van der Waals surface area contributed by atoms with Crippen LogP contribution in [0.3, 0.4) is 0 Å². The maximum atomic E-state index is 12.8. The molecule has 8 rings (SSSR count). The van der Waals surface area contributed by atoms with E-state index in [0.717, 1.165) is 22.5 Å². The number of aromatic nitrogens is 8. The summed E-state index contributed by atoms with van der Waals surface area (Å²) in [6, 6.07) is 24.8. The number of nitrogens with zero attached hydrogens (tertiary/aromatic N) is 9. The summed E-state index contributed by atoms with van der Waals surface area (Å²) in [6.07, 6.45) is 4.66. The summed E-state index contributed by atoms with van der Waals surface area (Å²) in [7, 11) is 0. The summed E-state index contributed by atoms with van der Waals surface area (Å²) in [6.45, 7) is 3.98. The van der Waals surface area contributed by atoms with Crippen molar-refractivity contribution in [1.82, 2.24) is 50.1 Å². The van der Waals surface area contributed by atoms with Gasteiger partial charge in [-0.3, -0.25) is 4.98 Å². The lowest BCUT2D eigenvalue weighted by Gasteiger charge is -2.22. The number of imidazole rings is 1. The van der Waals surface area contributed by atoms with Crippen molar-refractivity contribution in [2.75, 3.05) is 29.9 Å². The molecule has 2 aromatic carbocycles. The first-order chi connectivity index (χ1) is 26.4. The first-order valence-corrected chi connectivity index (χ1v) is 18.5. The van der Waals surface area contributed by atoms with E-state index in [2.05, 4.69) is 60.3 Å². The van der Waals surface area contributed by atoms with E-state index < -0.39 is 24.3 Å². The number of amides is 2. The molecule has 1 saturated carbocycles. The predicted octanol–water partition coefficient (Wildman–Crippen LogP) is 3.61. The highest BCUT2D eigenvalue weighted by molar-refractivity contribution is 5.84. The van der Waals surface area contributed by atoms with Gasteiger partial charge in [0.25, 0.3) is 0 Å². The van der Waals surface area contributed by atoms with Gasteiger partial charge in [0.15, 0.2) is 17.0 Å². The van der Waals surface area contributed by atoms with Crippen LogP contribution in [0.15, 0.2) is 97.6 Å². The lowest BCUT2D eigenvalue weighted by molar-refractivity contribution is 0.00497. The Labute approximate surface area is 312 Å². The molecule has 0 spiro atoms. The maximum Gasteiger partial charge on any atom is 0.315 e. The monoisotopic (exact) mass is 728 g/mol. The van der Waals surface area contributed by atoms with Crippen LogP contribution in [-0.2, 0) is 13.0 Å². The van der Waals surface area contributed by atoms with Crippen LogP contribution in [-0.4, -0.2) is 93.6 Å². The van der Waals surface area contributed by atoms with Gasteiger partial charge in [0.05, 0.1) is 36.5 Å². The van der Waals surface area contributed by atoms with Crippen molar-refractivity contribution in [1.29, 1.82) is 0 Å². The Morgan fingerprint density at radius 3 is 2.35 bits per heavy atom. The zero-order valence-electron chi connectivity index (χ0n) is 30.0. The molecule has 2 aliphatic rings. The highest BCUT2D eigenvalue weighted by Gasteiger charge is 2.45. The molecule has 5 heterocycles. The number of rotatable bonds is 12. The lowest BCUT2D eigenvalue weighted by atomic mass is 9.91. The van der Waals surface area contributed by atoms with Crippen LogP contribution in [0.1, 0.15) is 60.3 Å². The first kappa shape index (κ1) is 35.1. The molecule has 2 fully saturated rings. The smallest absolute Gasteiger partial charge is 0.315 e. The fourth-order valence-electron chi connectivity index (χ4n) is 7.50. The van der Waals surface area contributed by atoms with Crippen LogP contribution >= 0.6 is 0 Å². The molecule has 1 aliphatic heterocycles. The summed E-state index contributed by atoms with van der Waals surface area (Å²) >= 11 is 0. The molecular weight excluding hydrogens is 685 g/mol. The second-order valence-corrected chi connectivity index (χ2v) is 13.9. The van der Waals surface area contributed by atoms with Gasteiger partial charge in [0.2, 0.25) is 5.95 Å².